The topological polar surface area (TPSA) is 35.2 Å². The molecule has 1 heterocycles. The van der Waals surface area contributed by atoms with Gasteiger partial charge in [0.2, 0.25) is 0 Å². The molecule has 1 saturated heterocycles. The molecule has 2 atom stereocenters. The Morgan fingerprint density at radius 3 is 2.50 bits per heavy atom. The fourth-order valence-corrected chi connectivity index (χ4v) is 2.66. The van der Waals surface area contributed by atoms with E-state index in [4.69, 9.17) is 10.5 Å². The Morgan fingerprint density at radius 2 is 1.92 bits per heavy atom. The monoisotopic (exact) mass is 169 g/mol. The number of hydrogen-bond acceptors (Lipinski definition) is 2. The number of nitrogens with two attached hydrogens (primary N) is 1. The molecule has 0 aromatic heterocycles. The normalized spacial score (nSPS) is 37.8. The Kier molecular flexibility index (Phi) is 2.66. The Bertz CT molecular complexity index is 143. The van der Waals surface area contributed by atoms with Crippen LogP contribution >= 0.6 is 0 Å². The van der Waals surface area contributed by atoms with Gasteiger partial charge in [0, 0.05) is 6.54 Å². The maximum atomic E-state index is 5.60. The summed E-state index contributed by atoms with van der Waals surface area (Å²) >= 11 is 0. The second kappa shape index (κ2) is 3.75. The first-order valence-electron chi connectivity index (χ1n) is 5.22. The molecule has 0 aromatic rings. The van der Waals surface area contributed by atoms with Crippen molar-refractivity contribution in [2.75, 3.05) is 13.2 Å². The van der Waals surface area contributed by atoms with E-state index >= 15 is 0 Å². The van der Waals surface area contributed by atoms with Crippen LogP contribution in [0.1, 0.15) is 32.1 Å². The highest BCUT2D eigenvalue weighted by atomic mass is 16.5. The maximum Gasteiger partial charge on any atom is 0.0701 e. The second-order valence-corrected chi connectivity index (χ2v) is 4.23. The molecule has 70 valence electrons. The van der Waals surface area contributed by atoms with E-state index in [1.165, 1.54) is 32.1 Å². The standard InChI is InChI=1S/C10H19NO/c11-6-10-5-9(7-12-10)8-3-1-2-4-8/h8-10H,1-7,11H2. The van der Waals surface area contributed by atoms with Gasteiger partial charge >= 0.3 is 0 Å². The van der Waals surface area contributed by atoms with Crippen molar-refractivity contribution in [3.05, 3.63) is 0 Å². The van der Waals surface area contributed by atoms with Crippen LogP contribution in [0.3, 0.4) is 0 Å². The third-order valence-electron chi connectivity index (χ3n) is 3.44. The molecule has 2 unspecified atom stereocenters. The van der Waals surface area contributed by atoms with Crippen molar-refractivity contribution in [1.82, 2.24) is 0 Å². The van der Waals surface area contributed by atoms with Crippen LogP contribution in [0.15, 0.2) is 0 Å². The molecule has 2 aliphatic rings. The summed E-state index contributed by atoms with van der Waals surface area (Å²) in [6, 6.07) is 0. The van der Waals surface area contributed by atoms with Gasteiger partial charge < -0.3 is 10.5 Å². The van der Waals surface area contributed by atoms with Crippen molar-refractivity contribution in [2.24, 2.45) is 17.6 Å². The summed E-state index contributed by atoms with van der Waals surface area (Å²) in [5.41, 5.74) is 5.57. The lowest BCUT2D eigenvalue weighted by atomic mass is 9.89. The van der Waals surface area contributed by atoms with E-state index in [-0.39, 0.29) is 0 Å². The minimum absolute atomic E-state index is 0.371. The summed E-state index contributed by atoms with van der Waals surface area (Å²) in [5.74, 6) is 1.79. The third kappa shape index (κ3) is 1.64. The first-order chi connectivity index (χ1) is 5.90. The zero-order chi connectivity index (χ0) is 8.39. The highest BCUT2D eigenvalue weighted by Gasteiger charge is 2.32. The van der Waals surface area contributed by atoms with E-state index in [2.05, 4.69) is 0 Å². The van der Waals surface area contributed by atoms with E-state index in [0.29, 0.717) is 12.6 Å². The molecule has 0 spiro atoms. The quantitative estimate of drug-likeness (QED) is 0.680. The van der Waals surface area contributed by atoms with Crippen LogP contribution in [0.4, 0.5) is 0 Å². The summed E-state index contributed by atoms with van der Waals surface area (Å²) in [7, 11) is 0. The molecule has 2 N–H and O–H groups in total. The van der Waals surface area contributed by atoms with Gasteiger partial charge in [0.25, 0.3) is 0 Å². The number of hydrogen-bond donors (Lipinski definition) is 1. The molecule has 1 saturated carbocycles. The van der Waals surface area contributed by atoms with Crippen molar-refractivity contribution in [3.63, 3.8) is 0 Å². The van der Waals surface area contributed by atoms with E-state index < -0.39 is 0 Å². The summed E-state index contributed by atoms with van der Waals surface area (Å²) in [4.78, 5) is 0. The molecule has 12 heavy (non-hydrogen) atoms. The summed E-state index contributed by atoms with van der Waals surface area (Å²) in [6.07, 6.45) is 7.34. The average Bonchev–Trinajstić information content (AvgIpc) is 2.75. The minimum Gasteiger partial charge on any atom is -0.377 e. The maximum absolute atomic E-state index is 5.60. The Labute approximate surface area is 74.5 Å². The Hall–Kier alpha value is -0.0800. The lowest BCUT2D eigenvalue weighted by Gasteiger charge is -2.15. The van der Waals surface area contributed by atoms with Crippen molar-refractivity contribution >= 4 is 0 Å². The van der Waals surface area contributed by atoms with E-state index in [0.717, 1.165) is 18.4 Å². The molecule has 0 aromatic carbocycles. The molecule has 2 nitrogen and oxygen atoms in total. The first-order valence-corrected chi connectivity index (χ1v) is 5.22. The fourth-order valence-electron chi connectivity index (χ4n) is 2.66. The molecule has 1 aliphatic heterocycles. The molecule has 1 aliphatic carbocycles. The van der Waals surface area contributed by atoms with Gasteiger partial charge in [-0.25, -0.2) is 0 Å². The number of rotatable bonds is 2. The largest absolute Gasteiger partial charge is 0.377 e. The van der Waals surface area contributed by atoms with Gasteiger partial charge in [-0.3, -0.25) is 0 Å². The minimum atomic E-state index is 0.371. The van der Waals surface area contributed by atoms with Crippen molar-refractivity contribution in [1.29, 1.82) is 0 Å². The lowest BCUT2D eigenvalue weighted by molar-refractivity contribution is 0.108. The Morgan fingerprint density at radius 1 is 1.17 bits per heavy atom. The van der Waals surface area contributed by atoms with Crippen LogP contribution in [0.25, 0.3) is 0 Å². The summed E-state index contributed by atoms with van der Waals surface area (Å²) in [6.45, 7) is 1.69. The fraction of sp³-hybridized carbons (Fsp3) is 1.00. The van der Waals surface area contributed by atoms with Gasteiger partial charge in [0.05, 0.1) is 12.7 Å². The van der Waals surface area contributed by atoms with E-state index in [1.54, 1.807) is 0 Å². The van der Waals surface area contributed by atoms with Crippen molar-refractivity contribution < 1.29 is 4.74 Å². The molecule has 0 radical (unpaired) electrons. The van der Waals surface area contributed by atoms with Gasteiger partial charge in [-0.2, -0.15) is 0 Å². The molecule has 2 rings (SSSR count). The third-order valence-corrected chi connectivity index (χ3v) is 3.44. The van der Waals surface area contributed by atoms with E-state index in [9.17, 15) is 0 Å². The van der Waals surface area contributed by atoms with Crippen LogP contribution in [-0.4, -0.2) is 19.3 Å². The first kappa shape index (κ1) is 8.52. The highest BCUT2D eigenvalue weighted by molar-refractivity contribution is 4.82. The van der Waals surface area contributed by atoms with Gasteiger partial charge in [-0.1, -0.05) is 25.7 Å². The predicted molar refractivity (Wildman–Crippen MR) is 48.9 cm³/mol. The lowest BCUT2D eigenvalue weighted by Crippen LogP contribution is -2.19. The zero-order valence-electron chi connectivity index (χ0n) is 7.67. The van der Waals surface area contributed by atoms with Gasteiger partial charge in [0.1, 0.15) is 0 Å². The highest BCUT2D eigenvalue weighted by Crippen LogP contribution is 2.36. The zero-order valence-corrected chi connectivity index (χ0v) is 7.67. The van der Waals surface area contributed by atoms with Crippen molar-refractivity contribution in [3.8, 4) is 0 Å². The molecule has 2 heteroatoms. The molecule has 0 bridgehead atoms. The van der Waals surface area contributed by atoms with Crippen LogP contribution in [0, 0.1) is 11.8 Å². The second-order valence-electron chi connectivity index (χ2n) is 4.23. The van der Waals surface area contributed by atoms with Crippen LogP contribution in [-0.2, 0) is 4.74 Å². The van der Waals surface area contributed by atoms with Crippen LogP contribution < -0.4 is 5.73 Å². The Balaban J connectivity index is 1.81. The molecular formula is C10H19NO. The average molecular weight is 169 g/mol. The number of ether oxygens (including phenoxy) is 1. The molecule has 2 fully saturated rings. The van der Waals surface area contributed by atoms with Gasteiger partial charge in [-0.05, 0) is 18.3 Å². The van der Waals surface area contributed by atoms with Gasteiger partial charge in [0.15, 0.2) is 0 Å². The summed E-state index contributed by atoms with van der Waals surface area (Å²) in [5, 5.41) is 0. The van der Waals surface area contributed by atoms with Gasteiger partial charge in [-0.15, -0.1) is 0 Å². The molecule has 0 amide bonds. The molecular weight excluding hydrogens is 150 g/mol. The summed E-state index contributed by atoms with van der Waals surface area (Å²) < 4.78 is 5.60. The van der Waals surface area contributed by atoms with Crippen LogP contribution in [0.5, 0.6) is 0 Å². The predicted octanol–water partition coefficient (Wildman–Crippen LogP) is 1.54. The smallest absolute Gasteiger partial charge is 0.0701 e. The van der Waals surface area contributed by atoms with E-state index in [1.807, 2.05) is 0 Å². The van der Waals surface area contributed by atoms with Crippen LogP contribution in [0.2, 0.25) is 0 Å². The van der Waals surface area contributed by atoms with Crippen molar-refractivity contribution in [2.45, 2.75) is 38.2 Å². The SMILES string of the molecule is NCC1CC(C2CCCC2)CO1.